The monoisotopic (exact) mass is 253 g/mol. The fourth-order valence-electron chi connectivity index (χ4n) is 2.63. The Kier molecular flexibility index (Phi) is 3.17. The van der Waals surface area contributed by atoms with Gasteiger partial charge in [0.1, 0.15) is 11.1 Å². The number of rotatable bonds is 2. The Bertz CT molecular complexity index is 393. The summed E-state index contributed by atoms with van der Waals surface area (Å²) in [5.41, 5.74) is 5.86. The number of aromatic nitrogens is 1. The van der Waals surface area contributed by atoms with E-state index in [4.69, 9.17) is 10.5 Å². The highest BCUT2D eigenvalue weighted by Gasteiger charge is 2.34. The summed E-state index contributed by atoms with van der Waals surface area (Å²) in [5, 5.41) is 1.09. The van der Waals surface area contributed by atoms with Crippen molar-refractivity contribution in [2.24, 2.45) is 5.73 Å². The van der Waals surface area contributed by atoms with Crippen molar-refractivity contribution in [3.05, 3.63) is 16.1 Å². The molecule has 2 saturated heterocycles. The molecule has 4 nitrogen and oxygen atoms in total. The maximum absolute atomic E-state index is 5.94. The normalized spacial score (nSPS) is 31.4. The van der Waals surface area contributed by atoms with E-state index in [1.165, 1.54) is 19.4 Å². The second-order valence-corrected chi connectivity index (χ2v) is 6.10. The summed E-state index contributed by atoms with van der Waals surface area (Å²) in [5.74, 6) is 0. The lowest BCUT2D eigenvalue weighted by Gasteiger charge is -2.34. The van der Waals surface area contributed by atoms with Crippen LogP contribution < -0.4 is 5.73 Å². The molecule has 0 saturated carbocycles. The van der Waals surface area contributed by atoms with Crippen molar-refractivity contribution in [1.82, 2.24) is 9.88 Å². The van der Waals surface area contributed by atoms with E-state index in [0.717, 1.165) is 23.0 Å². The molecule has 3 heterocycles. The van der Waals surface area contributed by atoms with Crippen molar-refractivity contribution in [3.8, 4) is 0 Å². The van der Waals surface area contributed by atoms with Gasteiger partial charge in [0.2, 0.25) is 0 Å². The molecule has 17 heavy (non-hydrogen) atoms. The molecule has 2 fully saturated rings. The first-order valence-electron chi connectivity index (χ1n) is 6.31. The first-order valence-corrected chi connectivity index (χ1v) is 7.12. The van der Waals surface area contributed by atoms with Crippen LogP contribution in [0.1, 0.15) is 41.8 Å². The van der Waals surface area contributed by atoms with Gasteiger partial charge in [0.25, 0.3) is 0 Å². The number of hydrogen-bond donors (Lipinski definition) is 1. The molecule has 0 aromatic carbocycles. The summed E-state index contributed by atoms with van der Waals surface area (Å²) in [7, 11) is 0. The molecule has 5 heteroatoms. The first-order chi connectivity index (χ1) is 8.24. The van der Waals surface area contributed by atoms with E-state index in [-0.39, 0.29) is 12.1 Å². The van der Waals surface area contributed by atoms with Gasteiger partial charge >= 0.3 is 0 Å². The summed E-state index contributed by atoms with van der Waals surface area (Å²) in [4.78, 5) is 8.15. The van der Waals surface area contributed by atoms with Crippen molar-refractivity contribution in [1.29, 1.82) is 0 Å². The Balaban J connectivity index is 1.71. The van der Waals surface area contributed by atoms with Gasteiger partial charge in [-0.05, 0) is 26.3 Å². The molecule has 0 aliphatic carbocycles. The number of hydrogen-bond acceptors (Lipinski definition) is 5. The van der Waals surface area contributed by atoms with Crippen LogP contribution in [0.2, 0.25) is 0 Å². The highest BCUT2D eigenvalue weighted by atomic mass is 32.1. The Labute approximate surface area is 106 Å². The van der Waals surface area contributed by atoms with E-state index < -0.39 is 0 Å². The molecular formula is C12H19N3OS. The number of morpholine rings is 1. The lowest BCUT2D eigenvalue weighted by atomic mass is 10.2. The van der Waals surface area contributed by atoms with Gasteiger partial charge in [-0.2, -0.15) is 0 Å². The van der Waals surface area contributed by atoms with Gasteiger partial charge in [0.15, 0.2) is 0 Å². The molecule has 2 aliphatic rings. The molecule has 3 unspecified atom stereocenters. The van der Waals surface area contributed by atoms with Crippen LogP contribution in [0.3, 0.4) is 0 Å². The van der Waals surface area contributed by atoms with Gasteiger partial charge in [0.05, 0.1) is 6.61 Å². The fourth-order valence-corrected chi connectivity index (χ4v) is 3.54. The first kappa shape index (κ1) is 11.6. The van der Waals surface area contributed by atoms with E-state index in [2.05, 4.69) is 9.88 Å². The maximum atomic E-state index is 5.94. The zero-order chi connectivity index (χ0) is 11.8. The average molecular weight is 253 g/mol. The second kappa shape index (κ2) is 4.65. The molecule has 3 atom stereocenters. The minimum absolute atomic E-state index is 0.0735. The summed E-state index contributed by atoms with van der Waals surface area (Å²) in [6.07, 6.45) is 4.64. The van der Waals surface area contributed by atoms with E-state index in [9.17, 15) is 0 Å². The van der Waals surface area contributed by atoms with Gasteiger partial charge in [-0.15, -0.1) is 11.3 Å². The molecule has 3 rings (SSSR count). The highest BCUT2D eigenvalue weighted by Crippen LogP contribution is 2.32. The van der Waals surface area contributed by atoms with Crippen LogP contribution in [-0.4, -0.2) is 35.6 Å². The molecule has 0 spiro atoms. The SMILES string of the molecule is CC(N)c1cnc(C2CN3CCCC3CO2)s1. The predicted molar refractivity (Wildman–Crippen MR) is 68.0 cm³/mol. The van der Waals surface area contributed by atoms with Crippen LogP contribution in [0.4, 0.5) is 0 Å². The molecule has 94 valence electrons. The Morgan fingerprint density at radius 2 is 2.53 bits per heavy atom. The Hall–Kier alpha value is -0.490. The quantitative estimate of drug-likeness (QED) is 0.871. The third-order valence-electron chi connectivity index (χ3n) is 3.65. The van der Waals surface area contributed by atoms with Gasteiger partial charge in [-0.25, -0.2) is 4.98 Å². The molecule has 1 aromatic rings. The highest BCUT2D eigenvalue weighted by molar-refractivity contribution is 7.11. The standard InChI is InChI=1S/C12H19N3OS/c1-8(13)11-5-14-12(17-11)10-6-15-4-2-3-9(15)7-16-10/h5,8-10H,2-4,6-7,13H2,1H3. The van der Waals surface area contributed by atoms with Crippen molar-refractivity contribution in [3.63, 3.8) is 0 Å². The van der Waals surface area contributed by atoms with Crippen molar-refractivity contribution in [2.75, 3.05) is 19.7 Å². The van der Waals surface area contributed by atoms with Crippen LogP contribution in [0.25, 0.3) is 0 Å². The molecule has 1 aromatic heterocycles. The van der Waals surface area contributed by atoms with Crippen LogP contribution in [0.5, 0.6) is 0 Å². The van der Waals surface area contributed by atoms with Gasteiger partial charge in [-0.3, -0.25) is 4.90 Å². The van der Waals surface area contributed by atoms with E-state index in [1.807, 2.05) is 13.1 Å². The number of fused-ring (bicyclic) bond motifs is 1. The molecule has 2 aliphatic heterocycles. The van der Waals surface area contributed by atoms with Gasteiger partial charge < -0.3 is 10.5 Å². The van der Waals surface area contributed by atoms with Crippen molar-refractivity contribution < 1.29 is 4.74 Å². The number of thiazole rings is 1. The van der Waals surface area contributed by atoms with E-state index >= 15 is 0 Å². The maximum Gasteiger partial charge on any atom is 0.123 e. The molecule has 0 radical (unpaired) electrons. The topological polar surface area (TPSA) is 51.4 Å². The Morgan fingerprint density at radius 3 is 3.29 bits per heavy atom. The summed E-state index contributed by atoms with van der Waals surface area (Å²) in [6.45, 7) is 5.07. The number of nitrogens with two attached hydrogens (primary N) is 1. The van der Waals surface area contributed by atoms with Crippen LogP contribution >= 0.6 is 11.3 Å². The van der Waals surface area contributed by atoms with Gasteiger partial charge in [-0.1, -0.05) is 0 Å². The molecule has 2 N–H and O–H groups in total. The van der Waals surface area contributed by atoms with Crippen LogP contribution in [0, 0.1) is 0 Å². The zero-order valence-electron chi connectivity index (χ0n) is 10.1. The van der Waals surface area contributed by atoms with Gasteiger partial charge in [0, 0.05) is 29.7 Å². The molecule has 0 amide bonds. The third-order valence-corrected chi connectivity index (χ3v) is 4.95. The second-order valence-electron chi connectivity index (χ2n) is 5.00. The summed E-state index contributed by atoms with van der Waals surface area (Å²) in [6, 6.07) is 0.725. The fraction of sp³-hybridized carbons (Fsp3) is 0.750. The number of nitrogens with zero attached hydrogens (tertiary/aromatic N) is 2. The third kappa shape index (κ3) is 2.25. The predicted octanol–water partition coefficient (Wildman–Crippen LogP) is 1.70. The number of ether oxygens (including phenoxy) is 1. The van der Waals surface area contributed by atoms with Crippen LogP contribution in [-0.2, 0) is 4.74 Å². The molecular weight excluding hydrogens is 234 g/mol. The zero-order valence-corrected chi connectivity index (χ0v) is 10.9. The lowest BCUT2D eigenvalue weighted by molar-refractivity contribution is -0.0502. The van der Waals surface area contributed by atoms with Crippen LogP contribution in [0.15, 0.2) is 6.20 Å². The largest absolute Gasteiger partial charge is 0.368 e. The summed E-state index contributed by atoms with van der Waals surface area (Å²) >= 11 is 1.69. The van der Waals surface area contributed by atoms with E-state index in [0.29, 0.717) is 6.04 Å². The van der Waals surface area contributed by atoms with E-state index in [1.54, 1.807) is 11.3 Å². The smallest absolute Gasteiger partial charge is 0.123 e. The molecule has 0 bridgehead atoms. The average Bonchev–Trinajstić information content (AvgIpc) is 2.97. The van der Waals surface area contributed by atoms with Crippen molar-refractivity contribution >= 4 is 11.3 Å². The summed E-state index contributed by atoms with van der Waals surface area (Å²) < 4.78 is 5.94. The minimum Gasteiger partial charge on any atom is -0.368 e. The Morgan fingerprint density at radius 1 is 1.65 bits per heavy atom. The lowest BCUT2D eigenvalue weighted by Crippen LogP contribution is -2.42. The van der Waals surface area contributed by atoms with Crippen molar-refractivity contribution in [2.45, 2.75) is 38.0 Å². The minimum atomic E-state index is 0.0735.